The first-order chi connectivity index (χ1) is 9.19. The summed E-state index contributed by atoms with van der Waals surface area (Å²) < 4.78 is 1.89. The van der Waals surface area contributed by atoms with Gasteiger partial charge in [0.25, 0.3) is 0 Å². The molecule has 102 valence electrons. The van der Waals surface area contributed by atoms with Gasteiger partial charge in [0.15, 0.2) is 5.82 Å². The molecule has 0 saturated carbocycles. The molecule has 0 atom stereocenters. The van der Waals surface area contributed by atoms with Crippen LogP contribution < -0.4 is 5.32 Å². The molecule has 0 amide bonds. The maximum absolute atomic E-state index is 4.44. The first kappa shape index (κ1) is 13.7. The van der Waals surface area contributed by atoms with E-state index in [1.165, 1.54) is 11.1 Å². The summed E-state index contributed by atoms with van der Waals surface area (Å²) in [5, 5.41) is 7.67. The molecule has 0 aliphatic carbocycles. The number of nitrogens with one attached hydrogen (secondary N) is 1. The first-order valence-electron chi connectivity index (χ1n) is 6.87. The standard InChI is InChI=1S/C15H22N4/c1-4-16-9-15-17-11-19(18-15)10-13-5-7-14(8-6-13)12(2)3/h5-8,11-12,16H,4,9-10H2,1-3H3. The molecule has 0 fully saturated rings. The Bertz CT molecular complexity index is 499. The van der Waals surface area contributed by atoms with Gasteiger partial charge in [-0.3, -0.25) is 0 Å². The Morgan fingerprint density at radius 2 is 1.95 bits per heavy atom. The van der Waals surface area contributed by atoms with Gasteiger partial charge in [-0.05, 0) is 23.6 Å². The smallest absolute Gasteiger partial charge is 0.164 e. The van der Waals surface area contributed by atoms with Crippen molar-refractivity contribution in [3.05, 3.63) is 47.5 Å². The van der Waals surface area contributed by atoms with E-state index in [-0.39, 0.29) is 0 Å². The van der Waals surface area contributed by atoms with Crippen LogP contribution in [0.1, 0.15) is 43.6 Å². The van der Waals surface area contributed by atoms with Crippen LogP contribution in [-0.4, -0.2) is 21.3 Å². The molecule has 2 rings (SSSR count). The molecular weight excluding hydrogens is 236 g/mol. The highest BCUT2D eigenvalue weighted by atomic mass is 15.3. The summed E-state index contributed by atoms with van der Waals surface area (Å²) in [5.74, 6) is 1.42. The fourth-order valence-corrected chi connectivity index (χ4v) is 1.92. The lowest BCUT2D eigenvalue weighted by Gasteiger charge is -2.06. The summed E-state index contributed by atoms with van der Waals surface area (Å²) in [6, 6.07) is 8.72. The Morgan fingerprint density at radius 1 is 1.21 bits per heavy atom. The molecule has 0 saturated heterocycles. The Morgan fingerprint density at radius 3 is 2.58 bits per heavy atom. The lowest BCUT2D eigenvalue weighted by molar-refractivity contribution is 0.642. The summed E-state index contributed by atoms with van der Waals surface area (Å²) in [6.45, 7) is 8.94. The second-order valence-electron chi connectivity index (χ2n) is 5.03. The highest BCUT2D eigenvalue weighted by Crippen LogP contribution is 2.15. The van der Waals surface area contributed by atoms with Gasteiger partial charge in [0, 0.05) is 0 Å². The summed E-state index contributed by atoms with van der Waals surface area (Å²) in [6.07, 6.45) is 1.79. The van der Waals surface area contributed by atoms with Gasteiger partial charge in [-0.15, -0.1) is 0 Å². The van der Waals surface area contributed by atoms with Gasteiger partial charge in [0.1, 0.15) is 6.33 Å². The van der Waals surface area contributed by atoms with E-state index in [0.29, 0.717) is 5.92 Å². The Hall–Kier alpha value is -1.68. The molecule has 1 heterocycles. The van der Waals surface area contributed by atoms with Crippen molar-refractivity contribution >= 4 is 0 Å². The minimum absolute atomic E-state index is 0.576. The van der Waals surface area contributed by atoms with E-state index < -0.39 is 0 Å². The van der Waals surface area contributed by atoms with Crippen molar-refractivity contribution in [2.24, 2.45) is 0 Å². The van der Waals surface area contributed by atoms with E-state index in [9.17, 15) is 0 Å². The number of benzene rings is 1. The molecule has 0 radical (unpaired) electrons. The molecule has 2 aromatic rings. The van der Waals surface area contributed by atoms with Crippen molar-refractivity contribution in [1.29, 1.82) is 0 Å². The molecule has 4 nitrogen and oxygen atoms in total. The molecule has 0 aliphatic heterocycles. The maximum atomic E-state index is 4.44. The monoisotopic (exact) mass is 258 g/mol. The summed E-state index contributed by atoms with van der Waals surface area (Å²) in [5.41, 5.74) is 2.62. The average molecular weight is 258 g/mol. The van der Waals surface area contributed by atoms with Gasteiger partial charge in [0.05, 0.1) is 13.1 Å². The second-order valence-corrected chi connectivity index (χ2v) is 5.03. The van der Waals surface area contributed by atoms with Crippen LogP contribution in [0.2, 0.25) is 0 Å². The summed E-state index contributed by atoms with van der Waals surface area (Å²) in [7, 11) is 0. The number of rotatable bonds is 6. The molecule has 0 unspecified atom stereocenters. The molecule has 1 aromatic heterocycles. The summed E-state index contributed by atoms with van der Waals surface area (Å²) in [4.78, 5) is 4.29. The van der Waals surface area contributed by atoms with E-state index >= 15 is 0 Å². The van der Waals surface area contributed by atoms with Crippen LogP contribution >= 0.6 is 0 Å². The van der Waals surface area contributed by atoms with Crippen LogP contribution in [0.4, 0.5) is 0 Å². The third-order valence-corrected chi connectivity index (χ3v) is 3.11. The first-order valence-corrected chi connectivity index (χ1v) is 6.87. The van der Waals surface area contributed by atoms with Crippen LogP contribution in [0.25, 0.3) is 0 Å². The van der Waals surface area contributed by atoms with Gasteiger partial charge >= 0.3 is 0 Å². The molecule has 0 spiro atoms. The molecule has 4 heteroatoms. The lowest BCUT2D eigenvalue weighted by atomic mass is 10.0. The van der Waals surface area contributed by atoms with Crippen molar-refractivity contribution in [2.45, 2.75) is 39.8 Å². The van der Waals surface area contributed by atoms with Crippen molar-refractivity contribution in [2.75, 3.05) is 6.54 Å². The third-order valence-electron chi connectivity index (χ3n) is 3.11. The zero-order chi connectivity index (χ0) is 13.7. The predicted molar refractivity (Wildman–Crippen MR) is 77.0 cm³/mol. The average Bonchev–Trinajstić information content (AvgIpc) is 2.84. The fraction of sp³-hybridized carbons (Fsp3) is 0.467. The van der Waals surface area contributed by atoms with Gasteiger partial charge in [-0.2, -0.15) is 5.10 Å². The lowest BCUT2D eigenvalue weighted by Crippen LogP contribution is -2.13. The van der Waals surface area contributed by atoms with Crippen molar-refractivity contribution < 1.29 is 0 Å². The fourth-order valence-electron chi connectivity index (χ4n) is 1.92. The van der Waals surface area contributed by atoms with Crippen LogP contribution in [0.15, 0.2) is 30.6 Å². The minimum Gasteiger partial charge on any atom is -0.310 e. The van der Waals surface area contributed by atoms with Gasteiger partial charge in [-0.25, -0.2) is 9.67 Å². The van der Waals surface area contributed by atoms with E-state index in [1.54, 1.807) is 6.33 Å². The van der Waals surface area contributed by atoms with Crippen molar-refractivity contribution in [3.8, 4) is 0 Å². The molecule has 0 bridgehead atoms. The number of hydrogen-bond donors (Lipinski definition) is 1. The topological polar surface area (TPSA) is 42.7 Å². The summed E-state index contributed by atoms with van der Waals surface area (Å²) >= 11 is 0. The van der Waals surface area contributed by atoms with Crippen LogP contribution in [0, 0.1) is 0 Å². The number of aromatic nitrogens is 3. The van der Waals surface area contributed by atoms with Crippen LogP contribution in [0.3, 0.4) is 0 Å². The van der Waals surface area contributed by atoms with E-state index in [2.05, 4.69) is 60.4 Å². The van der Waals surface area contributed by atoms with Gasteiger partial charge < -0.3 is 5.32 Å². The second kappa shape index (κ2) is 6.48. The molecule has 0 aliphatic rings. The Labute approximate surface area is 114 Å². The number of hydrogen-bond acceptors (Lipinski definition) is 3. The third kappa shape index (κ3) is 3.89. The van der Waals surface area contributed by atoms with Crippen LogP contribution in [-0.2, 0) is 13.1 Å². The SMILES string of the molecule is CCNCc1ncn(Cc2ccc(C(C)C)cc2)n1. The highest BCUT2D eigenvalue weighted by Gasteiger charge is 2.02. The zero-order valence-corrected chi connectivity index (χ0v) is 11.9. The zero-order valence-electron chi connectivity index (χ0n) is 11.9. The molecular formula is C15H22N4. The van der Waals surface area contributed by atoms with E-state index in [1.807, 2.05) is 4.68 Å². The number of nitrogens with zero attached hydrogens (tertiary/aromatic N) is 3. The van der Waals surface area contributed by atoms with E-state index in [0.717, 1.165) is 25.5 Å². The predicted octanol–water partition coefficient (Wildman–Crippen LogP) is 2.56. The maximum Gasteiger partial charge on any atom is 0.164 e. The Balaban J connectivity index is 1.98. The van der Waals surface area contributed by atoms with Crippen molar-refractivity contribution in [3.63, 3.8) is 0 Å². The van der Waals surface area contributed by atoms with Gasteiger partial charge in [-0.1, -0.05) is 45.0 Å². The molecule has 1 N–H and O–H groups in total. The van der Waals surface area contributed by atoms with Crippen LogP contribution in [0.5, 0.6) is 0 Å². The van der Waals surface area contributed by atoms with E-state index in [4.69, 9.17) is 0 Å². The molecule has 19 heavy (non-hydrogen) atoms. The molecule has 1 aromatic carbocycles. The quantitative estimate of drug-likeness (QED) is 0.866. The highest BCUT2D eigenvalue weighted by molar-refractivity contribution is 5.24. The normalized spacial score (nSPS) is 11.2. The minimum atomic E-state index is 0.576. The van der Waals surface area contributed by atoms with Crippen molar-refractivity contribution in [1.82, 2.24) is 20.1 Å². The Kier molecular flexibility index (Phi) is 4.68. The van der Waals surface area contributed by atoms with Gasteiger partial charge in [0.2, 0.25) is 0 Å². The largest absolute Gasteiger partial charge is 0.310 e.